The van der Waals surface area contributed by atoms with Crippen LogP contribution in [0.1, 0.15) is 75.5 Å². The van der Waals surface area contributed by atoms with Crippen LogP contribution in [0.15, 0.2) is 12.3 Å². The van der Waals surface area contributed by atoms with Crippen molar-refractivity contribution in [3.8, 4) is 0 Å². The molecule has 3 heteroatoms. The fourth-order valence-electron chi connectivity index (χ4n) is 4.21. The maximum absolute atomic E-state index is 4.89. The summed E-state index contributed by atoms with van der Waals surface area (Å²) < 4.78 is 0. The van der Waals surface area contributed by atoms with Crippen molar-refractivity contribution in [1.82, 2.24) is 9.88 Å². The number of hydrogen-bond donors (Lipinski definition) is 0. The van der Waals surface area contributed by atoms with E-state index in [1.807, 2.05) is 0 Å². The van der Waals surface area contributed by atoms with E-state index >= 15 is 0 Å². The first-order chi connectivity index (χ1) is 11.3. The molecule has 2 saturated heterocycles. The minimum absolute atomic E-state index is 0.594. The van der Waals surface area contributed by atoms with Gasteiger partial charge in [0.1, 0.15) is 5.82 Å². The molecule has 2 aliphatic heterocycles. The average Bonchev–Trinajstić information content (AvgIpc) is 2.61. The third kappa shape index (κ3) is 4.06. The Kier molecular flexibility index (Phi) is 5.93. The summed E-state index contributed by atoms with van der Waals surface area (Å²) in [5, 5.41) is 0. The van der Waals surface area contributed by atoms with Crippen molar-refractivity contribution in [3.05, 3.63) is 23.4 Å². The van der Waals surface area contributed by atoms with E-state index in [1.165, 1.54) is 94.5 Å². The molecule has 0 aliphatic carbocycles. The zero-order valence-electron chi connectivity index (χ0n) is 15.1. The van der Waals surface area contributed by atoms with Crippen molar-refractivity contribution in [1.29, 1.82) is 0 Å². The molecule has 0 aromatic carbocycles. The molecule has 3 rings (SSSR count). The number of rotatable bonds is 5. The van der Waals surface area contributed by atoms with Crippen LogP contribution in [0.25, 0.3) is 0 Å². The lowest BCUT2D eigenvalue weighted by molar-refractivity contribution is 0.146. The third-order valence-corrected chi connectivity index (χ3v) is 5.52. The van der Waals surface area contributed by atoms with Crippen LogP contribution in [-0.2, 0) is 0 Å². The van der Waals surface area contributed by atoms with E-state index < -0.39 is 0 Å². The van der Waals surface area contributed by atoms with E-state index in [1.54, 1.807) is 0 Å². The zero-order chi connectivity index (χ0) is 16.1. The lowest BCUT2D eigenvalue weighted by Gasteiger charge is -2.36. The molecule has 128 valence electrons. The van der Waals surface area contributed by atoms with Gasteiger partial charge in [-0.1, -0.05) is 19.8 Å². The number of hydrogen-bond acceptors (Lipinski definition) is 3. The summed E-state index contributed by atoms with van der Waals surface area (Å²) >= 11 is 0. The predicted octanol–water partition coefficient (Wildman–Crippen LogP) is 4.71. The molecule has 1 aromatic heterocycles. The van der Waals surface area contributed by atoms with Crippen molar-refractivity contribution < 1.29 is 0 Å². The highest BCUT2D eigenvalue weighted by Crippen LogP contribution is 2.33. The van der Waals surface area contributed by atoms with E-state index in [4.69, 9.17) is 4.98 Å². The van der Waals surface area contributed by atoms with Gasteiger partial charge < -0.3 is 4.90 Å². The molecule has 1 atom stereocenters. The molecule has 0 N–H and O–H groups in total. The molecule has 3 nitrogen and oxygen atoms in total. The molecule has 3 heterocycles. The first-order valence-electron chi connectivity index (χ1n) is 9.75. The molecule has 23 heavy (non-hydrogen) atoms. The summed E-state index contributed by atoms with van der Waals surface area (Å²) in [6, 6.07) is 3.02. The first-order valence-corrected chi connectivity index (χ1v) is 9.75. The van der Waals surface area contributed by atoms with Gasteiger partial charge in [0.05, 0.1) is 0 Å². The van der Waals surface area contributed by atoms with E-state index in [2.05, 4.69) is 35.9 Å². The van der Waals surface area contributed by atoms with Crippen molar-refractivity contribution in [2.45, 2.75) is 71.3 Å². The summed E-state index contributed by atoms with van der Waals surface area (Å²) in [6.45, 7) is 9.40. The van der Waals surface area contributed by atoms with E-state index in [9.17, 15) is 0 Å². The smallest absolute Gasteiger partial charge is 0.131 e. The molecule has 1 aromatic rings. The second-order valence-corrected chi connectivity index (χ2v) is 7.36. The molecular weight excluding hydrogens is 282 g/mol. The Morgan fingerprint density at radius 3 is 2.61 bits per heavy atom. The van der Waals surface area contributed by atoms with Crippen LogP contribution in [0.2, 0.25) is 0 Å². The Morgan fingerprint density at radius 1 is 1.09 bits per heavy atom. The number of unbranched alkanes of at least 4 members (excludes halogenated alkanes) is 1. The zero-order valence-corrected chi connectivity index (χ0v) is 15.1. The van der Waals surface area contributed by atoms with E-state index in [0.29, 0.717) is 6.04 Å². The van der Waals surface area contributed by atoms with Crippen LogP contribution in [0, 0.1) is 6.92 Å². The number of likely N-dealkylation sites (tertiary alicyclic amines) is 1. The number of aryl methyl sites for hydroxylation is 1. The van der Waals surface area contributed by atoms with Crippen molar-refractivity contribution in [2.75, 3.05) is 31.1 Å². The van der Waals surface area contributed by atoms with Gasteiger partial charge in [-0.3, -0.25) is 4.90 Å². The molecule has 0 radical (unpaired) electrons. The second-order valence-electron chi connectivity index (χ2n) is 7.36. The Morgan fingerprint density at radius 2 is 1.87 bits per heavy atom. The number of piperidine rings is 2. The summed E-state index contributed by atoms with van der Waals surface area (Å²) in [6.07, 6.45) is 12.8. The van der Waals surface area contributed by atoms with E-state index in [0.717, 1.165) is 0 Å². The van der Waals surface area contributed by atoms with Gasteiger partial charge in [-0.2, -0.15) is 0 Å². The number of anilines is 1. The lowest BCUT2D eigenvalue weighted by Crippen LogP contribution is -2.34. The SMILES string of the molecule is CCCCN1CCCC[C@H]1c1cnc(N2CCCCC2)c(C)c1. The fourth-order valence-corrected chi connectivity index (χ4v) is 4.21. The minimum Gasteiger partial charge on any atom is -0.356 e. The van der Waals surface area contributed by atoms with Gasteiger partial charge in [-0.15, -0.1) is 0 Å². The summed E-state index contributed by atoms with van der Waals surface area (Å²) in [5.74, 6) is 1.23. The topological polar surface area (TPSA) is 19.4 Å². The second kappa shape index (κ2) is 8.14. The highest BCUT2D eigenvalue weighted by molar-refractivity contribution is 5.48. The van der Waals surface area contributed by atoms with Gasteiger partial charge in [0.25, 0.3) is 0 Å². The Balaban J connectivity index is 1.75. The molecule has 2 fully saturated rings. The molecule has 2 aliphatic rings. The van der Waals surface area contributed by atoms with Gasteiger partial charge in [0.15, 0.2) is 0 Å². The maximum atomic E-state index is 4.89. The predicted molar refractivity (Wildman–Crippen MR) is 98.1 cm³/mol. The number of pyridine rings is 1. The van der Waals surface area contributed by atoms with Crippen molar-refractivity contribution in [2.24, 2.45) is 0 Å². The molecule has 0 unspecified atom stereocenters. The molecule has 0 bridgehead atoms. The Labute approximate surface area is 142 Å². The Bertz CT molecular complexity index is 494. The van der Waals surface area contributed by atoms with Crippen LogP contribution >= 0.6 is 0 Å². The highest BCUT2D eigenvalue weighted by atomic mass is 15.2. The van der Waals surface area contributed by atoms with Gasteiger partial charge in [-0.25, -0.2) is 4.98 Å². The van der Waals surface area contributed by atoms with Crippen LogP contribution in [0.4, 0.5) is 5.82 Å². The lowest BCUT2D eigenvalue weighted by atomic mass is 9.95. The molecule has 0 saturated carbocycles. The first kappa shape index (κ1) is 16.8. The largest absolute Gasteiger partial charge is 0.356 e. The average molecular weight is 316 g/mol. The minimum atomic E-state index is 0.594. The molecular formula is C20H33N3. The quantitative estimate of drug-likeness (QED) is 0.784. The van der Waals surface area contributed by atoms with Crippen molar-refractivity contribution in [3.63, 3.8) is 0 Å². The molecule has 0 spiro atoms. The third-order valence-electron chi connectivity index (χ3n) is 5.52. The number of nitrogens with zero attached hydrogens (tertiary/aromatic N) is 3. The van der Waals surface area contributed by atoms with Gasteiger partial charge in [0, 0.05) is 25.3 Å². The maximum Gasteiger partial charge on any atom is 0.131 e. The number of aromatic nitrogens is 1. The Hall–Kier alpha value is -1.09. The molecule has 0 amide bonds. The van der Waals surface area contributed by atoms with Gasteiger partial charge in [0.2, 0.25) is 0 Å². The van der Waals surface area contributed by atoms with E-state index in [-0.39, 0.29) is 0 Å². The standard InChI is InChI=1S/C20H33N3/c1-3-4-11-22-12-9-6-10-19(22)18-15-17(2)20(21-16-18)23-13-7-5-8-14-23/h15-16,19H,3-14H2,1-2H3/t19-/m0/s1. The highest BCUT2D eigenvalue weighted by Gasteiger charge is 2.24. The summed E-state index contributed by atoms with van der Waals surface area (Å²) in [4.78, 5) is 10.1. The van der Waals surface area contributed by atoms with Crippen molar-refractivity contribution >= 4 is 5.82 Å². The summed E-state index contributed by atoms with van der Waals surface area (Å²) in [5.41, 5.74) is 2.81. The van der Waals surface area contributed by atoms with Crippen LogP contribution in [-0.4, -0.2) is 36.1 Å². The van der Waals surface area contributed by atoms with Crippen LogP contribution in [0.3, 0.4) is 0 Å². The van der Waals surface area contributed by atoms with Crippen LogP contribution in [0.5, 0.6) is 0 Å². The normalized spacial score (nSPS) is 23.2. The van der Waals surface area contributed by atoms with Gasteiger partial charge in [-0.05, 0) is 75.7 Å². The monoisotopic (exact) mass is 315 g/mol. The fraction of sp³-hybridized carbons (Fsp3) is 0.750. The van der Waals surface area contributed by atoms with Crippen LogP contribution < -0.4 is 4.90 Å². The van der Waals surface area contributed by atoms with Gasteiger partial charge >= 0.3 is 0 Å². The summed E-state index contributed by atoms with van der Waals surface area (Å²) in [7, 11) is 0.